The summed E-state index contributed by atoms with van der Waals surface area (Å²) in [7, 11) is 0. The molecule has 4 heteroatoms. The highest BCUT2D eigenvalue weighted by Crippen LogP contribution is 2.33. The Hall–Kier alpha value is -2.75. The number of aromatic nitrogens is 1. The summed E-state index contributed by atoms with van der Waals surface area (Å²) in [6.07, 6.45) is 1.53. The lowest BCUT2D eigenvalue weighted by Crippen LogP contribution is -2.33. The number of fused-ring (bicyclic) bond motifs is 2. The maximum absolute atomic E-state index is 12.5. The predicted molar refractivity (Wildman–Crippen MR) is 94.3 cm³/mol. The van der Waals surface area contributed by atoms with E-state index in [0.29, 0.717) is 13.2 Å². The van der Waals surface area contributed by atoms with E-state index in [1.165, 1.54) is 5.39 Å². The van der Waals surface area contributed by atoms with Crippen LogP contribution in [0.1, 0.15) is 23.6 Å². The molecule has 0 fully saturated rings. The molecule has 0 saturated carbocycles. The molecular weight excluding hydrogens is 300 g/mol. The van der Waals surface area contributed by atoms with Gasteiger partial charge in [0.05, 0.1) is 12.5 Å². The summed E-state index contributed by atoms with van der Waals surface area (Å²) in [5.41, 5.74) is 3.27. The van der Waals surface area contributed by atoms with E-state index in [2.05, 4.69) is 28.5 Å². The summed E-state index contributed by atoms with van der Waals surface area (Å²) >= 11 is 0. The van der Waals surface area contributed by atoms with Gasteiger partial charge in [0.25, 0.3) is 0 Å². The lowest BCUT2D eigenvalue weighted by Gasteiger charge is -2.25. The van der Waals surface area contributed by atoms with Crippen LogP contribution in [-0.4, -0.2) is 24.0 Å². The highest BCUT2D eigenvalue weighted by Gasteiger charge is 2.26. The van der Waals surface area contributed by atoms with Crippen molar-refractivity contribution in [3.63, 3.8) is 0 Å². The largest absolute Gasteiger partial charge is 0.493 e. The second kappa shape index (κ2) is 6.40. The monoisotopic (exact) mass is 320 g/mol. The molecule has 0 radical (unpaired) electrons. The number of nitrogens with one attached hydrogen (secondary N) is 2. The van der Waals surface area contributed by atoms with E-state index in [-0.39, 0.29) is 11.8 Å². The molecule has 3 aromatic rings. The van der Waals surface area contributed by atoms with Crippen molar-refractivity contribution < 1.29 is 9.53 Å². The van der Waals surface area contributed by atoms with E-state index in [1.54, 1.807) is 0 Å². The molecule has 1 unspecified atom stereocenters. The van der Waals surface area contributed by atoms with Gasteiger partial charge in [0.2, 0.25) is 5.91 Å². The van der Waals surface area contributed by atoms with Gasteiger partial charge >= 0.3 is 0 Å². The minimum absolute atomic E-state index is 0.0851. The third-order valence-corrected chi connectivity index (χ3v) is 4.55. The van der Waals surface area contributed by atoms with Crippen molar-refractivity contribution in [2.45, 2.75) is 18.8 Å². The zero-order valence-electron chi connectivity index (χ0n) is 13.4. The van der Waals surface area contributed by atoms with Crippen LogP contribution in [0.3, 0.4) is 0 Å². The fourth-order valence-electron chi connectivity index (χ4n) is 3.33. The highest BCUT2D eigenvalue weighted by molar-refractivity contribution is 5.85. The van der Waals surface area contributed by atoms with Crippen molar-refractivity contribution in [2.24, 2.45) is 0 Å². The quantitative estimate of drug-likeness (QED) is 0.774. The molecule has 2 aromatic carbocycles. The van der Waals surface area contributed by atoms with Gasteiger partial charge in [-0.25, -0.2) is 0 Å². The number of rotatable bonds is 4. The number of amides is 1. The summed E-state index contributed by atoms with van der Waals surface area (Å²) in [6.45, 7) is 1.22. The summed E-state index contributed by atoms with van der Waals surface area (Å²) in [5.74, 6) is 0.805. The minimum Gasteiger partial charge on any atom is -0.493 e. The van der Waals surface area contributed by atoms with Crippen LogP contribution in [0.4, 0.5) is 0 Å². The third kappa shape index (κ3) is 2.87. The predicted octanol–water partition coefficient (Wildman–Crippen LogP) is 3.39. The molecule has 4 nitrogen and oxygen atoms in total. The van der Waals surface area contributed by atoms with Crippen LogP contribution in [0.5, 0.6) is 5.75 Å². The van der Waals surface area contributed by atoms with E-state index >= 15 is 0 Å². The van der Waals surface area contributed by atoms with Crippen molar-refractivity contribution in [3.05, 3.63) is 65.9 Å². The first-order chi connectivity index (χ1) is 11.8. The van der Waals surface area contributed by atoms with Crippen LogP contribution in [0.2, 0.25) is 0 Å². The Labute approximate surface area is 140 Å². The Morgan fingerprint density at radius 1 is 1.17 bits per heavy atom. The van der Waals surface area contributed by atoms with Crippen LogP contribution in [0, 0.1) is 0 Å². The molecule has 2 heterocycles. The molecule has 122 valence electrons. The maximum Gasteiger partial charge on any atom is 0.227 e. The molecule has 0 spiro atoms. The fourth-order valence-corrected chi connectivity index (χ4v) is 3.33. The molecule has 1 atom stereocenters. The molecule has 0 saturated heterocycles. The van der Waals surface area contributed by atoms with Crippen molar-refractivity contribution in [1.82, 2.24) is 10.3 Å². The van der Waals surface area contributed by atoms with Crippen LogP contribution in [0.25, 0.3) is 10.9 Å². The van der Waals surface area contributed by atoms with Gasteiger partial charge in [-0.2, -0.15) is 0 Å². The summed E-state index contributed by atoms with van der Waals surface area (Å²) < 4.78 is 5.63. The number of hydrogen-bond acceptors (Lipinski definition) is 2. The zero-order valence-corrected chi connectivity index (χ0v) is 13.4. The normalized spacial score (nSPS) is 16.4. The van der Waals surface area contributed by atoms with E-state index in [9.17, 15) is 4.79 Å². The van der Waals surface area contributed by atoms with Crippen molar-refractivity contribution in [1.29, 1.82) is 0 Å². The van der Waals surface area contributed by atoms with E-state index in [4.69, 9.17) is 4.74 Å². The highest BCUT2D eigenvalue weighted by atomic mass is 16.5. The summed E-state index contributed by atoms with van der Waals surface area (Å²) in [5, 5.41) is 4.28. The van der Waals surface area contributed by atoms with Crippen LogP contribution in [0.15, 0.2) is 54.6 Å². The SMILES string of the molecule is O=C(NCCc1cc2ccccc2[nH]1)C1CCOc2ccccc21. The molecule has 4 rings (SSSR count). The average molecular weight is 320 g/mol. The summed E-state index contributed by atoms with van der Waals surface area (Å²) in [4.78, 5) is 15.9. The third-order valence-electron chi connectivity index (χ3n) is 4.55. The Balaban J connectivity index is 1.39. The number of ether oxygens (including phenoxy) is 1. The van der Waals surface area contributed by atoms with Crippen LogP contribution >= 0.6 is 0 Å². The number of aromatic amines is 1. The first-order valence-electron chi connectivity index (χ1n) is 8.37. The number of para-hydroxylation sites is 2. The average Bonchev–Trinajstić information content (AvgIpc) is 3.04. The number of H-pyrrole nitrogens is 1. The lowest BCUT2D eigenvalue weighted by atomic mass is 9.92. The van der Waals surface area contributed by atoms with E-state index in [1.807, 2.05) is 36.4 Å². The standard InChI is InChI=1S/C20H20N2O2/c23-20(17-10-12-24-19-8-4-2-6-16(17)19)21-11-9-15-13-14-5-1-3-7-18(14)22-15/h1-8,13,17,22H,9-12H2,(H,21,23). The number of carbonyl (C=O) groups is 1. The summed E-state index contributed by atoms with van der Waals surface area (Å²) in [6, 6.07) is 18.2. The Morgan fingerprint density at radius 3 is 2.92 bits per heavy atom. The van der Waals surface area contributed by atoms with Gasteiger partial charge in [-0.3, -0.25) is 4.79 Å². The first kappa shape index (κ1) is 14.8. The van der Waals surface area contributed by atoms with Crippen molar-refractivity contribution >= 4 is 16.8 Å². The Kier molecular flexibility index (Phi) is 3.95. The van der Waals surface area contributed by atoms with Gasteiger partial charge < -0.3 is 15.0 Å². The van der Waals surface area contributed by atoms with Crippen molar-refractivity contribution in [2.75, 3.05) is 13.2 Å². The molecule has 1 aromatic heterocycles. The van der Waals surface area contributed by atoms with Gasteiger partial charge in [0, 0.05) is 29.7 Å². The topological polar surface area (TPSA) is 54.1 Å². The molecule has 1 amide bonds. The molecule has 1 aliphatic rings. The Morgan fingerprint density at radius 2 is 2.00 bits per heavy atom. The Bertz CT molecular complexity index is 836. The minimum atomic E-state index is -0.113. The van der Waals surface area contributed by atoms with Gasteiger partial charge in [0.15, 0.2) is 0 Å². The lowest BCUT2D eigenvalue weighted by molar-refractivity contribution is -0.123. The van der Waals surface area contributed by atoms with Gasteiger partial charge in [-0.05, 0) is 30.0 Å². The van der Waals surface area contributed by atoms with Crippen LogP contribution < -0.4 is 10.1 Å². The maximum atomic E-state index is 12.5. The van der Waals surface area contributed by atoms with Crippen LogP contribution in [-0.2, 0) is 11.2 Å². The zero-order chi connectivity index (χ0) is 16.4. The van der Waals surface area contributed by atoms with E-state index < -0.39 is 0 Å². The first-order valence-corrected chi connectivity index (χ1v) is 8.37. The van der Waals surface area contributed by atoms with Gasteiger partial charge in [-0.1, -0.05) is 36.4 Å². The second-order valence-corrected chi connectivity index (χ2v) is 6.15. The van der Waals surface area contributed by atoms with Crippen molar-refractivity contribution in [3.8, 4) is 5.75 Å². The molecule has 0 aliphatic carbocycles. The molecule has 1 aliphatic heterocycles. The number of hydrogen-bond donors (Lipinski definition) is 2. The second-order valence-electron chi connectivity index (χ2n) is 6.15. The fraction of sp³-hybridized carbons (Fsp3) is 0.250. The number of benzene rings is 2. The molecule has 24 heavy (non-hydrogen) atoms. The molecule has 0 bridgehead atoms. The molecule has 2 N–H and O–H groups in total. The number of carbonyl (C=O) groups excluding carboxylic acids is 1. The van der Waals surface area contributed by atoms with Gasteiger partial charge in [-0.15, -0.1) is 0 Å². The van der Waals surface area contributed by atoms with E-state index in [0.717, 1.165) is 35.4 Å². The van der Waals surface area contributed by atoms with Gasteiger partial charge in [0.1, 0.15) is 5.75 Å². The molecular formula is C20H20N2O2. The smallest absolute Gasteiger partial charge is 0.227 e.